The first-order chi connectivity index (χ1) is 10.1. The van der Waals surface area contributed by atoms with E-state index >= 15 is 0 Å². The van der Waals surface area contributed by atoms with Gasteiger partial charge in [-0.1, -0.05) is 6.07 Å². The van der Waals surface area contributed by atoms with Gasteiger partial charge in [0.15, 0.2) is 5.78 Å². The number of carbonyl (C=O) groups is 1. The number of rotatable bonds is 5. The van der Waals surface area contributed by atoms with Crippen LogP contribution in [0.15, 0.2) is 42.5 Å². The molecular weight excluding hydrogens is 274 g/mol. The zero-order valence-corrected chi connectivity index (χ0v) is 11.3. The predicted molar refractivity (Wildman–Crippen MR) is 74.5 cm³/mol. The summed E-state index contributed by atoms with van der Waals surface area (Å²) in [6, 6.07) is 10.3. The standard InChI is InChI=1S/C17H14F2O2/c18-15-2-1-3-16(19)14(15)10-17(20)11-4-6-12(7-5-11)21-13-8-9-13/h1-7,13H,8-10H2. The van der Waals surface area contributed by atoms with E-state index in [9.17, 15) is 13.6 Å². The normalized spacial score (nSPS) is 14.0. The van der Waals surface area contributed by atoms with Crippen LogP contribution in [0.25, 0.3) is 0 Å². The molecule has 4 heteroatoms. The fraction of sp³-hybridized carbons (Fsp3) is 0.235. The van der Waals surface area contributed by atoms with Crippen molar-refractivity contribution >= 4 is 5.78 Å². The molecule has 1 aliphatic carbocycles. The fourth-order valence-electron chi connectivity index (χ4n) is 2.06. The second-order valence-corrected chi connectivity index (χ2v) is 5.14. The number of hydrogen-bond acceptors (Lipinski definition) is 2. The van der Waals surface area contributed by atoms with E-state index in [2.05, 4.69) is 0 Å². The minimum absolute atomic E-state index is 0.194. The van der Waals surface area contributed by atoms with Crippen LogP contribution in [-0.4, -0.2) is 11.9 Å². The van der Waals surface area contributed by atoms with E-state index in [1.807, 2.05) is 0 Å². The van der Waals surface area contributed by atoms with Crippen LogP contribution in [0.3, 0.4) is 0 Å². The van der Waals surface area contributed by atoms with Crippen LogP contribution < -0.4 is 4.74 Å². The van der Waals surface area contributed by atoms with E-state index in [-0.39, 0.29) is 17.8 Å². The molecule has 0 spiro atoms. The van der Waals surface area contributed by atoms with Crippen molar-refractivity contribution in [3.8, 4) is 5.75 Å². The molecular formula is C17H14F2O2. The lowest BCUT2D eigenvalue weighted by Gasteiger charge is -2.07. The van der Waals surface area contributed by atoms with E-state index in [0.717, 1.165) is 25.0 Å². The molecule has 21 heavy (non-hydrogen) atoms. The van der Waals surface area contributed by atoms with Crippen molar-refractivity contribution in [2.75, 3.05) is 0 Å². The van der Waals surface area contributed by atoms with Crippen LogP contribution in [0.1, 0.15) is 28.8 Å². The Hall–Kier alpha value is -2.23. The van der Waals surface area contributed by atoms with E-state index in [4.69, 9.17) is 4.74 Å². The summed E-state index contributed by atoms with van der Waals surface area (Å²) in [7, 11) is 0. The highest BCUT2D eigenvalue weighted by Crippen LogP contribution is 2.27. The Bertz CT molecular complexity index is 641. The van der Waals surface area contributed by atoms with Crippen LogP contribution in [-0.2, 0) is 6.42 Å². The Morgan fingerprint density at radius 2 is 1.67 bits per heavy atom. The molecule has 0 unspecified atom stereocenters. The van der Waals surface area contributed by atoms with Crippen LogP contribution in [0.2, 0.25) is 0 Å². The summed E-state index contributed by atoms with van der Waals surface area (Å²) in [4.78, 5) is 12.1. The Morgan fingerprint density at radius 1 is 1.05 bits per heavy atom. The molecule has 0 heterocycles. The second-order valence-electron chi connectivity index (χ2n) is 5.14. The van der Waals surface area contributed by atoms with Gasteiger partial charge in [0.2, 0.25) is 0 Å². The Labute approximate surface area is 121 Å². The average molecular weight is 288 g/mol. The zero-order chi connectivity index (χ0) is 14.8. The molecule has 2 aromatic rings. The third kappa shape index (κ3) is 3.27. The smallest absolute Gasteiger partial charge is 0.167 e. The topological polar surface area (TPSA) is 26.3 Å². The summed E-state index contributed by atoms with van der Waals surface area (Å²) >= 11 is 0. The van der Waals surface area contributed by atoms with E-state index in [1.54, 1.807) is 24.3 Å². The van der Waals surface area contributed by atoms with Gasteiger partial charge in [0, 0.05) is 17.5 Å². The van der Waals surface area contributed by atoms with E-state index in [0.29, 0.717) is 17.4 Å². The van der Waals surface area contributed by atoms with E-state index in [1.165, 1.54) is 6.07 Å². The van der Waals surface area contributed by atoms with Crippen LogP contribution >= 0.6 is 0 Å². The molecule has 108 valence electrons. The number of halogens is 2. The van der Waals surface area contributed by atoms with Gasteiger partial charge in [0.25, 0.3) is 0 Å². The van der Waals surface area contributed by atoms with Crippen LogP contribution in [0, 0.1) is 11.6 Å². The highest BCUT2D eigenvalue weighted by atomic mass is 19.1. The van der Waals surface area contributed by atoms with Gasteiger partial charge in [-0.05, 0) is 49.2 Å². The van der Waals surface area contributed by atoms with Gasteiger partial charge in [-0.25, -0.2) is 8.78 Å². The van der Waals surface area contributed by atoms with Crippen molar-refractivity contribution in [3.05, 3.63) is 65.2 Å². The molecule has 2 aromatic carbocycles. The maximum atomic E-state index is 13.5. The van der Waals surface area contributed by atoms with Gasteiger partial charge in [-0.2, -0.15) is 0 Å². The first kappa shape index (κ1) is 13.7. The maximum absolute atomic E-state index is 13.5. The number of carbonyl (C=O) groups excluding carboxylic acids is 1. The van der Waals surface area contributed by atoms with Crippen molar-refractivity contribution in [1.82, 2.24) is 0 Å². The molecule has 1 aliphatic rings. The Morgan fingerprint density at radius 3 is 2.24 bits per heavy atom. The summed E-state index contributed by atoms with van der Waals surface area (Å²) in [5.41, 5.74) is 0.224. The molecule has 1 fully saturated rings. The van der Waals surface area contributed by atoms with Gasteiger partial charge < -0.3 is 4.74 Å². The van der Waals surface area contributed by atoms with Crippen molar-refractivity contribution in [1.29, 1.82) is 0 Å². The molecule has 0 aromatic heterocycles. The molecule has 1 saturated carbocycles. The molecule has 0 bridgehead atoms. The minimum atomic E-state index is -0.697. The fourth-order valence-corrected chi connectivity index (χ4v) is 2.06. The number of benzene rings is 2. The number of Topliss-reactive ketones (excluding diaryl/α,β-unsaturated/α-hetero) is 1. The van der Waals surface area contributed by atoms with Crippen LogP contribution in [0.4, 0.5) is 8.78 Å². The molecule has 0 saturated heterocycles. The van der Waals surface area contributed by atoms with Crippen molar-refractivity contribution in [3.63, 3.8) is 0 Å². The molecule has 2 nitrogen and oxygen atoms in total. The number of ether oxygens (including phenoxy) is 1. The van der Waals surface area contributed by atoms with Gasteiger partial charge in [-0.3, -0.25) is 4.79 Å². The minimum Gasteiger partial charge on any atom is -0.490 e. The molecule has 3 rings (SSSR count). The second kappa shape index (κ2) is 5.64. The molecule has 0 N–H and O–H groups in total. The first-order valence-corrected chi connectivity index (χ1v) is 6.86. The van der Waals surface area contributed by atoms with Gasteiger partial charge in [0.05, 0.1) is 6.10 Å². The largest absolute Gasteiger partial charge is 0.490 e. The summed E-state index contributed by atoms with van der Waals surface area (Å²) in [6.45, 7) is 0. The predicted octanol–water partition coefficient (Wildman–Crippen LogP) is 3.93. The average Bonchev–Trinajstić information content (AvgIpc) is 3.28. The lowest BCUT2D eigenvalue weighted by Crippen LogP contribution is -2.07. The monoisotopic (exact) mass is 288 g/mol. The lowest BCUT2D eigenvalue weighted by molar-refractivity contribution is 0.0990. The summed E-state index contributed by atoms with van der Waals surface area (Å²) in [6.07, 6.45) is 2.13. The van der Waals surface area contributed by atoms with Crippen molar-refractivity contribution in [2.45, 2.75) is 25.4 Å². The first-order valence-electron chi connectivity index (χ1n) is 6.86. The third-order valence-corrected chi connectivity index (χ3v) is 3.40. The highest BCUT2D eigenvalue weighted by molar-refractivity contribution is 5.97. The zero-order valence-electron chi connectivity index (χ0n) is 11.3. The maximum Gasteiger partial charge on any atom is 0.167 e. The highest BCUT2D eigenvalue weighted by Gasteiger charge is 2.23. The lowest BCUT2D eigenvalue weighted by atomic mass is 10.0. The van der Waals surface area contributed by atoms with Gasteiger partial charge in [-0.15, -0.1) is 0 Å². The number of hydrogen-bond donors (Lipinski definition) is 0. The van der Waals surface area contributed by atoms with Gasteiger partial charge in [0.1, 0.15) is 17.4 Å². The van der Waals surface area contributed by atoms with Crippen LogP contribution in [0.5, 0.6) is 5.75 Å². The van der Waals surface area contributed by atoms with Crippen molar-refractivity contribution < 1.29 is 18.3 Å². The molecule has 0 radical (unpaired) electrons. The Balaban J connectivity index is 1.72. The molecule has 0 aliphatic heterocycles. The van der Waals surface area contributed by atoms with E-state index < -0.39 is 11.6 Å². The Kier molecular flexibility index (Phi) is 3.69. The SMILES string of the molecule is O=C(Cc1c(F)cccc1F)c1ccc(OC2CC2)cc1. The van der Waals surface area contributed by atoms with Gasteiger partial charge >= 0.3 is 0 Å². The molecule has 0 amide bonds. The quantitative estimate of drug-likeness (QED) is 0.779. The molecule has 0 atom stereocenters. The summed E-state index contributed by atoms with van der Waals surface area (Å²) in [5.74, 6) is -1.00. The number of ketones is 1. The third-order valence-electron chi connectivity index (χ3n) is 3.40. The van der Waals surface area contributed by atoms with Crippen molar-refractivity contribution in [2.24, 2.45) is 0 Å². The summed E-state index contributed by atoms with van der Waals surface area (Å²) in [5, 5.41) is 0. The summed E-state index contributed by atoms with van der Waals surface area (Å²) < 4.78 is 32.6.